The van der Waals surface area contributed by atoms with Crippen LogP contribution in [0.25, 0.3) is 0 Å². The molecule has 0 bridgehead atoms. The van der Waals surface area contributed by atoms with Crippen molar-refractivity contribution < 1.29 is 14.8 Å². The van der Waals surface area contributed by atoms with Gasteiger partial charge in [-0.1, -0.05) is 12.1 Å². The Hall–Kier alpha value is -2.22. The van der Waals surface area contributed by atoms with Crippen LogP contribution in [0.5, 0.6) is 0 Å². The summed E-state index contributed by atoms with van der Waals surface area (Å²) in [5, 5.41) is 20.0. The number of hydrogen-bond acceptors (Lipinski definition) is 4. The van der Waals surface area contributed by atoms with Crippen molar-refractivity contribution in [1.29, 1.82) is 0 Å². The maximum Gasteiger partial charge on any atom is 0.354 e. The van der Waals surface area contributed by atoms with E-state index in [2.05, 4.69) is 20.9 Å². The molecule has 1 heterocycles. The number of aryl methyl sites for hydroxylation is 1. The number of aromatic nitrogens is 2. The van der Waals surface area contributed by atoms with E-state index in [0.717, 1.165) is 0 Å². The van der Waals surface area contributed by atoms with Gasteiger partial charge in [-0.25, -0.2) is 9.78 Å². The third kappa shape index (κ3) is 2.55. The molecule has 0 atom stereocenters. The Labute approximate surface area is 122 Å². The summed E-state index contributed by atoms with van der Waals surface area (Å²) in [7, 11) is 0. The highest BCUT2D eigenvalue weighted by molar-refractivity contribution is 9.10. The predicted molar refractivity (Wildman–Crippen MR) is 73.8 cm³/mol. The second kappa shape index (κ2) is 5.41. The Kier molecular flexibility index (Phi) is 3.84. The molecule has 1 N–H and O–H groups in total. The minimum atomic E-state index is -1.09. The molecule has 7 nitrogen and oxygen atoms in total. The maximum absolute atomic E-state index is 11.1. The standard InChI is InChI=1S/C12H10BrN3O4/c1-7-14-5-10(12(17)18)15(7)6-8-3-2-4-9(11(8)13)16(19)20/h2-5H,6H2,1H3,(H,17,18). The molecule has 8 heteroatoms. The SMILES string of the molecule is Cc1ncc(C(=O)O)n1Cc1cccc([N+](=O)[O-])c1Br. The van der Waals surface area contributed by atoms with Crippen LogP contribution in [-0.2, 0) is 6.54 Å². The van der Waals surface area contributed by atoms with Crippen LogP contribution in [0, 0.1) is 17.0 Å². The Morgan fingerprint density at radius 2 is 2.25 bits per heavy atom. The normalized spacial score (nSPS) is 10.5. The molecule has 0 aliphatic rings. The van der Waals surface area contributed by atoms with Gasteiger partial charge < -0.3 is 9.67 Å². The van der Waals surface area contributed by atoms with Crippen molar-refractivity contribution in [3.05, 3.63) is 56.1 Å². The van der Waals surface area contributed by atoms with Gasteiger partial charge in [-0.2, -0.15) is 0 Å². The smallest absolute Gasteiger partial charge is 0.354 e. The third-order valence-electron chi connectivity index (χ3n) is 2.86. The first-order valence-corrected chi connectivity index (χ1v) is 6.38. The highest BCUT2D eigenvalue weighted by Gasteiger charge is 2.18. The van der Waals surface area contributed by atoms with E-state index in [1.54, 1.807) is 19.1 Å². The number of imidazole rings is 1. The van der Waals surface area contributed by atoms with Gasteiger partial charge in [0.1, 0.15) is 16.0 Å². The summed E-state index contributed by atoms with van der Waals surface area (Å²) in [6.45, 7) is 1.87. The molecule has 0 amide bonds. The van der Waals surface area contributed by atoms with Crippen LogP contribution in [-0.4, -0.2) is 25.6 Å². The van der Waals surface area contributed by atoms with Crippen LogP contribution in [0.15, 0.2) is 28.9 Å². The molecule has 0 unspecified atom stereocenters. The lowest BCUT2D eigenvalue weighted by molar-refractivity contribution is -0.385. The fourth-order valence-electron chi connectivity index (χ4n) is 1.84. The molecule has 2 rings (SSSR count). The predicted octanol–water partition coefficient (Wildman–Crippen LogP) is 2.61. The number of carboxylic acids is 1. The van der Waals surface area contributed by atoms with Crippen molar-refractivity contribution in [3.63, 3.8) is 0 Å². The molecule has 1 aromatic carbocycles. The molecular formula is C12H10BrN3O4. The van der Waals surface area contributed by atoms with E-state index in [1.165, 1.54) is 16.8 Å². The van der Waals surface area contributed by atoms with E-state index < -0.39 is 10.9 Å². The monoisotopic (exact) mass is 339 g/mol. The van der Waals surface area contributed by atoms with Gasteiger partial charge in [0, 0.05) is 6.07 Å². The second-order valence-electron chi connectivity index (χ2n) is 4.09. The molecule has 104 valence electrons. The van der Waals surface area contributed by atoms with Gasteiger partial charge in [0.05, 0.1) is 17.7 Å². The average Bonchev–Trinajstić information content (AvgIpc) is 2.73. The number of hydrogen-bond donors (Lipinski definition) is 1. The molecule has 0 aliphatic heterocycles. The molecule has 0 saturated heterocycles. The van der Waals surface area contributed by atoms with Gasteiger partial charge >= 0.3 is 5.97 Å². The number of benzene rings is 1. The van der Waals surface area contributed by atoms with E-state index in [-0.39, 0.29) is 17.9 Å². The fraction of sp³-hybridized carbons (Fsp3) is 0.167. The molecule has 0 aliphatic carbocycles. The van der Waals surface area contributed by atoms with Gasteiger partial charge in [0.2, 0.25) is 0 Å². The number of nitrogens with zero attached hydrogens (tertiary/aromatic N) is 3. The number of aromatic carboxylic acids is 1. The van der Waals surface area contributed by atoms with E-state index in [1.807, 2.05) is 0 Å². The van der Waals surface area contributed by atoms with Crippen molar-refractivity contribution in [2.24, 2.45) is 0 Å². The van der Waals surface area contributed by atoms with Gasteiger partial charge in [-0.05, 0) is 28.4 Å². The summed E-state index contributed by atoms with van der Waals surface area (Å²) in [5.74, 6) is -0.562. The second-order valence-corrected chi connectivity index (χ2v) is 4.88. The summed E-state index contributed by atoms with van der Waals surface area (Å²) in [6.07, 6.45) is 1.27. The topological polar surface area (TPSA) is 98.3 Å². The Morgan fingerprint density at radius 3 is 2.85 bits per heavy atom. The largest absolute Gasteiger partial charge is 0.477 e. The maximum atomic E-state index is 11.1. The highest BCUT2D eigenvalue weighted by atomic mass is 79.9. The molecule has 0 saturated carbocycles. The van der Waals surface area contributed by atoms with Crippen molar-refractivity contribution in [1.82, 2.24) is 9.55 Å². The van der Waals surface area contributed by atoms with E-state index in [0.29, 0.717) is 15.9 Å². The lowest BCUT2D eigenvalue weighted by Crippen LogP contribution is -2.11. The van der Waals surface area contributed by atoms with Crippen molar-refractivity contribution >= 4 is 27.6 Å². The Balaban J connectivity index is 2.46. The molecule has 0 fully saturated rings. The fourth-order valence-corrected chi connectivity index (χ4v) is 2.37. The van der Waals surface area contributed by atoms with Crippen molar-refractivity contribution in [3.8, 4) is 0 Å². The Morgan fingerprint density at radius 1 is 1.55 bits per heavy atom. The zero-order valence-electron chi connectivity index (χ0n) is 10.4. The summed E-state index contributed by atoms with van der Waals surface area (Å²) in [5.41, 5.74) is 0.598. The van der Waals surface area contributed by atoms with Crippen LogP contribution in [0.4, 0.5) is 5.69 Å². The first-order chi connectivity index (χ1) is 9.41. The zero-order chi connectivity index (χ0) is 14.9. The first kappa shape index (κ1) is 14.2. The number of carbonyl (C=O) groups is 1. The van der Waals surface area contributed by atoms with Gasteiger partial charge in [0.25, 0.3) is 5.69 Å². The molecule has 20 heavy (non-hydrogen) atoms. The Bertz CT molecular complexity index is 696. The van der Waals surface area contributed by atoms with Crippen LogP contribution in [0.2, 0.25) is 0 Å². The molecule has 1 aromatic heterocycles. The summed E-state index contributed by atoms with van der Waals surface area (Å²) in [6, 6.07) is 4.64. The van der Waals surface area contributed by atoms with Gasteiger partial charge in [0.15, 0.2) is 0 Å². The summed E-state index contributed by atoms with van der Waals surface area (Å²) < 4.78 is 1.83. The average molecular weight is 340 g/mol. The third-order valence-corrected chi connectivity index (χ3v) is 3.77. The number of halogens is 1. The first-order valence-electron chi connectivity index (χ1n) is 5.59. The quantitative estimate of drug-likeness (QED) is 0.681. The van der Waals surface area contributed by atoms with E-state index in [4.69, 9.17) is 5.11 Å². The minimum absolute atomic E-state index is 0.0425. The minimum Gasteiger partial charge on any atom is -0.477 e. The summed E-state index contributed by atoms with van der Waals surface area (Å²) in [4.78, 5) is 25.4. The molecule has 0 spiro atoms. The number of rotatable bonds is 4. The van der Waals surface area contributed by atoms with Crippen molar-refractivity contribution in [2.45, 2.75) is 13.5 Å². The number of nitro groups is 1. The molecular weight excluding hydrogens is 330 g/mol. The molecule has 0 radical (unpaired) electrons. The van der Waals surface area contributed by atoms with Gasteiger partial charge in [-0.15, -0.1) is 0 Å². The number of carboxylic acid groups (broad SMARTS) is 1. The van der Waals surface area contributed by atoms with Gasteiger partial charge in [-0.3, -0.25) is 10.1 Å². The molecule has 2 aromatic rings. The van der Waals surface area contributed by atoms with E-state index >= 15 is 0 Å². The lowest BCUT2D eigenvalue weighted by Gasteiger charge is -2.09. The summed E-state index contributed by atoms with van der Waals surface area (Å²) >= 11 is 3.19. The van der Waals surface area contributed by atoms with Crippen LogP contribution >= 0.6 is 15.9 Å². The zero-order valence-corrected chi connectivity index (χ0v) is 12.0. The van der Waals surface area contributed by atoms with E-state index in [9.17, 15) is 14.9 Å². The van der Waals surface area contributed by atoms with Crippen LogP contribution in [0.1, 0.15) is 21.9 Å². The van der Waals surface area contributed by atoms with Crippen molar-refractivity contribution in [2.75, 3.05) is 0 Å². The number of nitro benzene ring substituents is 1. The van der Waals surface area contributed by atoms with Crippen LogP contribution < -0.4 is 0 Å². The lowest BCUT2D eigenvalue weighted by atomic mass is 10.2. The highest BCUT2D eigenvalue weighted by Crippen LogP contribution is 2.29. The van der Waals surface area contributed by atoms with Crippen LogP contribution in [0.3, 0.4) is 0 Å².